The molecule has 1 N–H and O–H groups in total. The molecular formula is C8H11NO. The fourth-order valence-electron chi connectivity index (χ4n) is 1.34. The van der Waals surface area contributed by atoms with Crippen LogP contribution in [0.2, 0.25) is 0 Å². The van der Waals surface area contributed by atoms with Gasteiger partial charge in [0.2, 0.25) is 0 Å². The summed E-state index contributed by atoms with van der Waals surface area (Å²) >= 11 is 0. The number of aryl methyl sites for hydroxylation is 1. The van der Waals surface area contributed by atoms with Crippen molar-refractivity contribution in [2.75, 3.05) is 6.54 Å². The number of fused-ring (bicyclic) bond motifs is 1. The minimum atomic E-state index is 0.978. The first-order chi connectivity index (χ1) is 4.97. The third-order valence-corrected chi connectivity index (χ3v) is 1.91. The summed E-state index contributed by atoms with van der Waals surface area (Å²) in [6, 6.07) is 2.05. The summed E-state index contributed by atoms with van der Waals surface area (Å²) in [6.07, 6.45) is 4.06. The monoisotopic (exact) mass is 137 g/mol. The average Bonchev–Trinajstić information content (AvgIpc) is 2.28. The highest BCUT2D eigenvalue weighted by molar-refractivity contribution is 5.17. The van der Waals surface area contributed by atoms with Gasteiger partial charge in [-0.1, -0.05) is 0 Å². The molecule has 0 saturated heterocycles. The quantitative estimate of drug-likeness (QED) is 0.583. The van der Waals surface area contributed by atoms with Crippen molar-refractivity contribution in [1.82, 2.24) is 5.32 Å². The molecule has 1 aromatic heterocycles. The van der Waals surface area contributed by atoms with E-state index < -0.39 is 0 Å². The Morgan fingerprint density at radius 1 is 1.50 bits per heavy atom. The van der Waals surface area contributed by atoms with Gasteiger partial charge in [-0.25, -0.2) is 0 Å². The van der Waals surface area contributed by atoms with E-state index in [9.17, 15) is 0 Å². The highest BCUT2D eigenvalue weighted by atomic mass is 16.3. The molecule has 0 saturated carbocycles. The van der Waals surface area contributed by atoms with Gasteiger partial charge in [0, 0.05) is 18.5 Å². The molecule has 0 aromatic carbocycles. The Labute approximate surface area is 60.2 Å². The summed E-state index contributed by atoms with van der Waals surface area (Å²) in [4.78, 5) is 0. The van der Waals surface area contributed by atoms with E-state index in [0.717, 1.165) is 19.5 Å². The molecule has 1 aromatic rings. The van der Waals surface area contributed by atoms with Crippen molar-refractivity contribution >= 4 is 0 Å². The van der Waals surface area contributed by atoms with E-state index in [2.05, 4.69) is 5.32 Å². The van der Waals surface area contributed by atoms with Crippen molar-refractivity contribution in [2.45, 2.75) is 19.4 Å². The van der Waals surface area contributed by atoms with E-state index in [1.165, 1.54) is 17.7 Å². The molecule has 0 fully saturated rings. The van der Waals surface area contributed by atoms with Crippen LogP contribution in [0.15, 0.2) is 16.7 Å². The summed E-state index contributed by atoms with van der Waals surface area (Å²) in [5, 5.41) is 3.33. The second kappa shape index (κ2) is 2.46. The molecule has 54 valence electrons. The number of furan rings is 1. The zero-order valence-corrected chi connectivity index (χ0v) is 5.89. The molecule has 2 rings (SSSR count). The number of rotatable bonds is 0. The number of hydrogen-bond acceptors (Lipinski definition) is 2. The second-order valence-electron chi connectivity index (χ2n) is 2.65. The molecule has 0 aliphatic carbocycles. The van der Waals surface area contributed by atoms with Crippen LogP contribution in [0.1, 0.15) is 17.7 Å². The van der Waals surface area contributed by atoms with Crippen LogP contribution in [0, 0.1) is 0 Å². The molecule has 0 amide bonds. The van der Waals surface area contributed by atoms with Gasteiger partial charge in [-0.05, 0) is 19.0 Å². The maximum Gasteiger partial charge on any atom is 0.108 e. The zero-order valence-electron chi connectivity index (χ0n) is 5.89. The highest BCUT2D eigenvalue weighted by Crippen LogP contribution is 2.14. The lowest BCUT2D eigenvalue weighted by atomic mass is 10.2. The number of hydrogen-bond donors (Lipinski definition) is 1. The van der Waals surface area contributed by atoms with E-state index in [1.54, 1.807) is 6.26 Å². The van der Waals surface area contributed by atoms with Crippen LogP contribution in [-0.4, -0.2) is 6.54 Å². The Kier molecular flexibility index (Phi) is 1.47. The van der Waals surface area contributed by atoms with Gasteiger partial charge < -0.3 is 9.73 Å². The smallest absolute Gasteiger partial charge is 0.108 e. The summed E-state index contributed by atoms with van der Waals surface area (Å²) in [5.74, 6) is 1.17. The first-order valence-electron chi connectivity index (χ1n) is 3.73. The molecule has 2 heteroatoms. The first-order valence-corrected chi connectivity index (χ1v) is 3.73. The van der Waals surface area contributed by atoms with Gasteiger partial charge in [-0.2, -0.15) is 0 Å². The summed E-state index contributed by atoms with van der Waals surface area (Å²) < 4.78 is 5.30. The maximum absolute atomic E-state index is 5.30. The molecule has 0 atom stereocenters. The maximum atomic E-state index is 5.30. The fourth-order valence-corrected chi connectivity index (χ4v) is 1.34. The Bertz CT molecular complexity index is 196. The minimum Gasteiger partial charge on any atom is -0.469 e. The average molecular weight is 137 g/mol. The summed E-state index contributed by atoms with van der Waals surface area (Å²) in [5.41, 5.74) is 1.33. The largest absolute Gasteiger partial charge is 0.469 e. The van der Waals surface area contributed by atoms with Gasteiger partial charge in [-0.15, -0.1) is 0 Å². The molecule has 0 unspecified atom stereocenters. The second-order valence-corrected chi connectivity index (χ2v) is 2.65. The van der Waals surface area contributed by atoms with Crippen LogP contribution in [0.25, 0.3) is 0 Å². The SMILES string of the molecule is c1cc2c(o1)CCCNC2. The van der Waals surface area contributed by atoms with E-state index in [-0.39, 0.29) is 0 Å². The van der Waals surface area contributed by atoms with Crippen LogP contribution in [-0.2, 0) is 13.0 Å². The molecule has 2 nitrogen and oxygen atoms in total. The predicted octanol–water partition coefficient (Wildman–Crippen LogP) is 1.32. The van der Waals surface area contributed by atoms with Crippen molar-refractivity contribution in [3.8, 4) is 0 Å². The van der Waals surface area contributed by atoms with Crippen molar-refractivity contribution in [3.63, 3.8) is 0 Å². The van der Waals surface area contributed by atoms with E-state index in [4.69, 9.17) is 4.42 Å². The third kappa shape index (κ3) is 0.948. The standard InChI is InChI=1S/C8H11NO/c1-2-8-7(3-5-10-8)6-9-4-1/h3,5,9H,1-2,4,6H2. The summed E-state index contributed by atoms with van der Waals surface area (Å²) in [7, 11) is 0. The third-order valence-electron chi connectivity index (χ3n) is 1.91. The van der Waals surface area contributed by atoms with Gasteiger partial charge in [0.05, 0.1) is 6.26 Å². The van der Waals surface area contributed by atoms with Gasteiger partial charge in [0.1, 0.15) is 5.76 Å². The Morgan fingerprint density at radius 3 is 3.50 bits per heavy atom. The lowest BCUT2D eigenvalue weighted by molar-refractivity contribution is 0.504. The number of nitrogens with one attached hydrogen (secondary N) is 1. The molecular weight excluding hydrogens is 126 g/mol. The lowest BCUT2D eigenvalue weighted by Crippen LogP contribution is -2.11. The van der Waals surface area contributed by atoms with Gasteiger partial charge in [0.15, 0.2) is 0 Å². The molecule has 10 heavy (non-hydrogen) atoms. The minimum absolute atomic E-state index is 0.978. The topological polar surface area (TPSA) is 25.2 Å². The van der Waals surface area contributed by atoms with Gasteiger partial charge >= 0.3 is 0 Å². The Balaban J connectivity index is 2.28. The predicted molar refractivity (Wildman–Crippen MR) is 38.7 cm³/mol. The molecule has 1 aliphatic heterocycles. The first kappa shape index (κ1) is 5.98. The van der Waals surface area contributed by atoms with Crippen LogP contribution < -0.4 is 5.32 Å². The van der Waals surface area contributed by atoms with Crippen LogP contribution in [0.4, 0.5) is 0 Å². The molecule has 0 spiro atoms. The van der Waals surface area contributed by atoms with Crippen molar-refractivity contribution < 1.29 is 4.42 Å². The fraction of sp³-hybridized carbons (Fsp3) is 0.500. The van der Waals surface area contributed by atoms with Gasteiger partial charge in [0.25, 0.3) is 0 Å². The van der Waals surface area contributed by atoms with Crippen LogP contribution in [0.3, 0.4) is 0 Å². The molecule has 2 heterocycles. The highest BCUT2D eigenvalue weighted by Gasteiger charge is 2.08. The Hall–Kier alpha value is -0.760. The zero-order chi connectivity index (χ0) is 6.81. The van der Waals surface area contributed by atoms with E-state index in [0.29, 0.717) is 0 Å². The van der Waals surface area contributed by atoms with Crippen molar-refractivity contribution in [1.29, 1.82) is 0 Å². The van der Waals surface area contributed by atoms with Gasteiger partial charge in [-0.3, -0.25) is 0 Å². The van der Waals surface area contributed by atoms with Crippen molar-refractivity contribution in [2.24, 2.45) is 0 Å². The summed E-state index contributed by atoms with van der Waals surface area (Å²) in [6.45, 7) is 2.09. The van der Waals surface area contributed by atoms with E-state index >= 15 is 0 Å². The Morgan fingerprint density at radius 2 is 2.50 bits per heavy atom. The lowest BCUT2D eigenvalue weighted by Gasteiger charge is -1.93. The van der Waals surface area contributed by atoms with Crippen molar-refractivity contribution in [3.05, 3.63) is 23.7 Å². The molecule has 0 radical (unpaired) electrons. The van der Waals surface area contributed by atoms with Crippen LogP contribution in [0.5, 0.6) is 0 Å². The molecule has 0 bridgehead atoms. The van der Waals surface area contributed by atoms with Crippen LogP contribution >= 0.6 is 0 Å². The normalized spacial score (nSPS) is 18.0. The van der Waals surface area contributed by atoms with E-state index in [1.807, 2.05) is 6.07 Å². The molecule has 1 aliphatic rings.